The first kappa shape index (κ1) is 54.8. The number of morpholine rings is 1. The lowest BCUT2D eigenvalue weighted by Gasteiger charge is -2.44. The number of nitrogens with one attached hydrogen (secondary N) is 2. The van der Waals surface area contributed by atoms with E-state index in [1.807, 2.05) is 37.8 Å². The van der Waals surface area contributed by atoms with Gasteiger partial charge in [-0.25, -0.2) is 10.2 Å². The number of piperazine rings is 1. The van der Waals surface area contributed by atoms with Crippen LogP contribution in [-0.2, 0) is 48.0 Å². The van der Waals surface area contributed by atoms with Gasteiger partial charge in [-0.15, -0.1) is 0 Å². The lowest BCUT2D eigenvalue weighted by Crippen LogP contribution is -2.62. The molecule has 6 aliphatic rings. The van der Waals surface area contributed by atoms with Gasteiger partial charge in [-0.05, 0) is 119 Å². The molecule has 0 unspecified atom stereocenters. The number of aromatic nitrogens is 2. The van der Waals surface area contributed by atoms with Crippen LogP contribution < -0.4 is 15.6 Å². The summed E-state index contributed by atoms with van der Waals surface area (Å²) in [6.07, 6.45) is 5.46. The van der Waals surface area contributed by atoms with Gasteiger partial charge < -0.3 is 33.9 Å². The molecule has 16 nitrogen and oxygen atoms in total. The van der Waals surface area contributed by atoms with E-state index in [0.29, 0.717) is 58.0 Å². The number of esters is 1. The average molecular weight is 1060 g/mol. The predicted molar refractivity (Wildman–Crippen MR) is 300 cm³/mol. The molecule has 416 valence electrons. The molecule has 5 saturated heterocycles. The van der Waals surface area contributed by atoms with Crippen LogP contribution in [-0.4, -0.2) is 162 Å². The Bertz CT molecular complexity index is 2850. The maximum Gasteiger partial charge on any atom is 0.410 e. The number of hydrogen-bond acceptors (Lipinski definition) is 12. The first-order valence-electron chi connectivity index (χ1n) is 28.8. The molecular formula is C61H85N9O7. The van der Waals surface area contributed by atoms with Crippen molar-refractivity contribution in [2.45, 2.75) is 150 Å². The van der Waals surface area contributed by atoms with Crippen LogP contribution in [0.2, 0.25) is 0 Å². The van der Waals surface area contributed by atoms with E-state index in [1.54, 1.807) is 0 Å². The molecular weight excluding hydrogens is 971 g/mol. The van der Waals surface area contributed by atoms with Crippen LogP contribution in [0.3, 0.4) is 0 Å². The second kappa shape index (κ2) is 21.9. The molecule has 1 spiro atoms. The number of nitrogens with zero attached hydrogens (tertiary/aromatic N) is 7. The molecule has 5 atom stereocenters. The highest BCUT2D eigenvalue weighted by Gasteiger charge is 2.49. The lowest BCUT2D eigenvalue weighted by molar-refractivity contribution is -0.155. The number of fused-ring (bicyclic) bond motifs is 7. The Morgan fingerprint density at radius 2 is 1.74 bits per heavy atom. The number of benzene rings is 2. The maximum absolute atomic E-state index is 15.0. The van der Waals surface area contributed by atoms with Gasteiger partial charge in [-0.2, -0.15) is 0 Å². The minimum Gasteiger partial charge on any atom is -0.464 e. The van der Waals surface area contributed by atoms with Crippen molar-refractivity contribution in [1.29, 1.82) is 0 Å². The summed E-state index contributed by atoms with van der Waals surface area (Å²) >= 11 is 0. The zero-order chi connectivity index (χ0) is 54.6. The first-order chi connectivity index (χ1) is 36.7. The van der Waals surface area contributed by atoms with E-state index in [1.165, 1.54) is 10.6 Å². The number of ether oxygens (including phenoxy) is 3. The lowest BCUT2D eigenvalue weighted by atomic mass is 9.83. The molecule has 16 heteroatoms. The van der Waals surface area contributed by atoms with Gasteiger partial charge in [0.25, 0.3) is 5.91 Å². The molecule has 3 amide bonds. The molecule has 0 aliphatic carbocycles. The summed E-state index contributed by atoms with van der Waals surface area (Å²) in [5, 5.41) is 5.96. The molecule has 0 saturated carbocycles. The number of likely N-dealkylation sites (tertiary alicyclic amines) is 2. The summed E-state index contributed by atoms with van der Waals surface area (Å²) in [5.74, 6) is -0.799. The van der Waals surface area contributed by atoms with Gasteiger partial charge in [0.1, 0.15) is 17.7 Å². The van der Waals surface area contributed by atoms with Crippen molar-refractivity contribution in [2.75, 3.05) is 83.6 Å². The third-order valence-corrected chi connectivity index (χ3v) is 17.2. The summed E-state index contributed by atoms with van der Waals surface area (Å²) in [4.78, 5) is 71.6. The zero-order valence-corrected chi connectivity index (χ0v) is 47.6. The maximum atomic E-state index is 15.0. The van der Waals surface area contributed by atoms with E-state index in [-0.39, 0.29) is 48.2 Å². The molecule has 2 N–H and O–H groups in total. The van der Waals surface area contributed by atoms with E-state index in [9.17, 15) is 19.2 Å². The number of carbonyl (C=O) groups is 4. The molecule has 4 aromatic rings. The Hall–Kier alpha value is -5.55. The fraction of sp³-hybridized carbons (Fsp3) is 0.623. The van der Waals surface area contributed by atoms with Crippen LogP contribution in [0, 0.1) is 16.7 Å². The molecule has 0 radical (unpaired) electrons. The molecule has 77 heavy (non-hydrogen) atoms. The van der Waals surface area contributed by atoms with Crippen LogP contribution >= 0.6 is 0 Å². The Morgan fingerprint density at radius 3 is 2.51 bits per heavy atom. The fourth-order valence-corrected chi connectivity index (χ4v) is 13.3. The van der Waals surface area contributed by atoms with Crippen LogP contribution in [0.1, 0.15) is 118 Å². The molecule has 5 fully saturated rings. The molecule has 8 heterocycles. The molecule has 2 aromatic carbocycles. The van der Waals surface area contributed by atoms with Crippen molar-refractivity contribution >= 4 is 40.5 Å². The number of hydrazine groups is 1. The standard InChI is InChI=1S/C61H85N9O7/c1-11-69-51-18-17-43-30-46(51)48(54(69)47-31-44(33-62-52(47)39(2)3)66-25-24-65-26-27-75-35-45(65)34-66)32-60(9,10)38-76-57(73)49-16-13-21-70(64-49)56(72)50(29-41-14-12-15-42(43)28-41)63-55(71)53(40(4)5)67-22-19-61(36-67)20-23-68(37-61)58(74)77-59(6,7)8/h12,14-15,17-18,28,30-31,33,39-40,45,49-50,53,64H,11,13,16,19-27,29,32,34-38H2,1-10H3,(H,63,71)/t45-,49-,50-,53-,61-/m0/s1. The van der Waals surface area contributed by atoms with Crippen LogP contribution in [0.4, 0.5) is 10.5 Å². The number of cyclic esters (lactones) is 1. The SMILES string of the molecule is CCn1c(-c2cc(N3CCN4CCOC[C@@H]4C3)cnc2C(C)C)c2c3cc(ccc31)-c1cccc(c1)C[C@H](NC(=O)[C@H](C(C)C)N1CC[C@]3(CCN(C(=O)OC(C)(C)C)C3)C1)C(=O)N1CCC[C@H](N1)C(=O)OCC(C)(C)C2. The van der Waals surface area contributed by atoms with Crippen molar-refractivity contribution in [2.24, 2.45) is 16.7 Å². The van der Waals surface area contributed by atoms with Crippen molar-refractivity contribution < 1.29 is 33.4 Å². The molecule has 6 aliphatic heterocycles. The number of hydrogen-bond donors (Lipinski definition) is 2. The van der Waals surface area contributed by atoms with Crippen LogP contribution in [0.15, 0.2) is 54.7 Å². The monoisotopic (exact) mass is 1060 g/mol. The summed E-state index contributed by atoms with van der Waals surface area (Å²) in [5.41, 5.74) is 11.8. The number of anilines is 1. The minimum atomic E-state index is -0.931. The van der Waals surface area contributed by atoms with E-state index in [4.69, 9.17) is 19.2 Å². The fourth-order valence-electron chi connectivity index (χ4n) is 13.3. The molecule has 6 bridgehead atoms. The van der Waals surface area contributed by atoms with Gasteiger partial charge in [0.15, 0.2) is 0 Å². The smallest absolute Gasteiger partial charge is 0.410 e. The minimum absolute atomic E-state index is 0.0596. The van der Waals surface area contributed by atoms with Crippen molar-refractivity contribution in [3.63, 3.8) is 0 Å². The van der Waals surface area contributed by atoms with Crippen LogP contribution in [0.25, 0.3) is 33.3 Å². The van der Waals surface area contributed by atoms with Crippen LogP contribution in [0.5, 0.6) is 0 Å². The number of carbonyl (C=O) groups excluding carboxylic acids is 4. The molecule has 2 aromatic heterocycles. The second-order valence-electron chi connectivity index (χ2n) is 25.6. The zero-order valence-electron chi connectivity index (χ0n) is 47.6. The van der Waals surface area contributed by atoms with Crippen molar-refractivity contribution in [1.82, 2.24) is 40.0 Å². The Morgan fingerprint density at radius 1 is 0.948 bits per heavy atom. The van der Waals surface area contributed by atoms with Gasteiger partial charge in [-0.1, -0.05) is 71.9 Å². The van der Waals surface area contributed by atoms with Crippen molar-refractivity contribution in [3.8, 4) is 22.4 Å². The Kier molecular flexibility index (Phi) is 15.6. The van der Waals surface area contributed by atoms with Gasteiger partial charge in [0, 0.05) is 92.6 Å². The quantitative estimate of drug-likeness (QED) is 0.164. The third kappa shape index (κ3) is 11.6. The van der Waals surface area contributed by atoms with E-state index in [0.717, 1.165) is 109 Å². The highest BCUT2D eigenvalue weighted by Crippen LogP contribution is 2.44. The Balaban J connectivity index is 0.999. The van der Waals surface area contributed by atoms with Gasteiger partial charge >= 0.3 is 12.1 Å². The largest absolute Gasteiger partial charge is 0.464 e. The number of aryl methyl sites for hydroxylation is 1. The van der Waals surface area contributed by atoms with Gasteiger partial charge in [0.05, 0.1) is 55.2 Å². The predicted octanol–water partition coefficient (Wildman–Crippen LogP) is 8.04. The molecule has 10 rings (SSSR count). The third-order valence-electron chi connectivity index (χ3n) is 17.2. The highest BCUT2D eigenvalue weighted by molar-refractivity contribution is 5.96. The van der Waals surface area contributed by atoms with Crippen molar-refractivity contribution in [3.05, 3.63) is 71.5 Å². The van der Waals surface area contributed by atoms with E-state index in [2.05, 4.69) is 121 Å². The summed E-state index contributed by atoms with van der Waals surface area (Å²) in [6, 6.07) is 15.7. The Labute approximate surface area is 456 Å². The summed E-state index contributed by atoms with van der Waals surface area (Å²) in [6.45, 7) is 30.0. The highest BCUT2D eigenvalue weighted by atomic mass is 16.6. The first-order valence-corrected chi connectivity index (χ1v) is 28.8. The number of rotatable bonds is 8. The second-order valence-corrected chi connectivity index (χ2v) is 25.6. The number of pyridine rings is 1. The topological polar surface area (TPSA) is 154 Å². The average Bonchev–Trinajstić information content (AvgIpc) is 4.14. The normalized spacial score (nSPS) is 25.1. The van der Waals surface area contributed by atoms with E-state index >= 15 is 0 Å². The van der Waals surface area contributed by atoms with Gasteiger partial charge in [0.2, 0.25) is 5.91 Å². The number of amides is 3. The summed E-state index contributed by atoms with van der Waals surface area (Å²) in [7, 11) is 0. The van der Waals surface area contributed by atoms with Gasteiger partial charge in [-0.3, -0.25) is 34.2 Å². The summed E-state index contributed by atoms with van der Waals surface area (Å²) < 4.78 is 20.4. The van der Waals surface area contributed by atoms with E-state index < -0.39 is 35.1 Å².